The van der Waals surface area contributed by atoms with E-state index in [1.165, 1.54) is 4.90 Å². The number of carboxylic acids is 1. The molecule has 1 saturated heterocycles. The lowest BCUT2D eigenvalue weighted by molar-refractivity contribution is -0.147. The minimum Gasteiger partial charge on any atom is -0.497 e. The summed E-state index contributed by atoms with van der Waals surface area (Å²) in [6.07, 6.45) is 0. The molecule has 96 valence electrons. The van der Waals surface area contributed by atoms with E-state index in [4.69, 9.17) is 9.84 Å². The average molecular weight is 249 g/mol. The van der Waals surface area contributed by atoms with Crippen molar-refractivity contribution in [2.75, 3.05) is 20.7 Å². The Morgan fingerprint density at radius 2 is 2.00 bits per heavy atom. The summed E-state index contributed by atoms with van der Waals surface area (Å²) in [4.78, 5) is 24.4. The maximum Gasteiger partial charge on any atom is 0.316 e. The van der Waals surface area contributed by atoms with Crippen molar-refractivity contribution in [3.63, 3.8) is 0 Å². The van der Waals surface area contributed by atoms with E-state index >= 15 is 0 Å². The second-order valence-corrected chi connectivity index (χ2v) is 4.41. The Kier molecular flexibility index (Phi) is 3.23. The van der Waals surface area contributed by atoms with Crippen molar-refractivity contribution in [1.29, 1.82) is 0 Å². The summed E-state index contributed by atoms with van der Waals surface area (Å²) in [6, 6.07) is 7.17. The van der Waals surface area contributed by atoms with Crippen LogP contribution >= 0.6 is 0 Å². The highest BCUT2D eigenvalue weighted by Gasteiger charge is 2.44. The fraction of sp³-hybridized carbons (Fsp3) is 0.385. The number of benzene rings is 1. The topological polar surface area (TPSA) is 66.8 Å². The van der Waals surface area contributed by atoms with Crippen molar-refractivity contribution >= 4 is 11.9 Å². The third kappa shape index (κ3) is 2.03. The number of likely N-dealkylation sites (tertiary alicyclic amines) is 1. The summed E-state index contributed by atoms with van der Waals surface area (Å²) < 4.78 is 5.05. The third-order valence-electron chi connectivity index (χ3n) is 3.33. The largest absolute Gasteiger partial charge is 0.497 e. The number of aliphatic carboxylic acids is 1. The predicted octanol–water partition coefficient (Wildman–Crippen LogP) is 0.952. The van der Waals surface area contributed by atoms with Crippen LogP contribution in [0.3, 0.4) is 0 Å². The van der Waals surface area contributed by atoms with Gasteiger partial charge in [-0.15, -0.1) is 0 Å². The zero-order valence-corrected chi connectivity index (χ0v) is 10.3. The number of carboxylic acid groups (broad SMARTS) is 1. The van der Waals surface area contributed by atoms with Crippen molar-refractivity contribution in [3.8, 4) is 5.75 Å². The predicted molar refractivity (Wildman–Crippen MR) is 64.5 cm³/mol. The molecule has 1 unspecified atom stereocenters. The van der Waals surface area contributed by atoms with Crippen LogP contribution in [-0.2, 0) is 9.59 Å². The van der Waals surface area contributed by atoms with Gasteiger partial charge in [0, 0.05) is 19.5 Å². The molecule has 1 heterocycles. The van der Waals surface area contributed by atoms with Crippen molar-refractivity contribution < 1.29 is 19.4 Å². The SMILES string of the molecule is COc1ccc([C@H]2CN(C)C(=O)C2C(=O)O)cc1. The van der Waals surface area contributed by atoms with Gasteiger partial charge in [-0.1, -0.05) is 12.1 Å². The molecule has 5 nitrogen and oxygen atoms in total. The number of methoxy groups -OCH3 is 1. The van der Waals surface area contributed by atoms with E-state index in [0.717, 1.165) is 5.56 Å². The normalized spacial score (nSPS) is 23.2. The summed E-state index contributed by atoms with van der Waals surface area (Å²) in [5, 5.41) is 9.16. The van der Waals surface area contributed by atoms with Crippen LogP contribution in [0.1, 0.15) is 11.5 Å². The lowest BCUT2D eigenvalue weighted by Gasteiger charge is -2.13. The van der Waals surface area contributed by atoms with Crippen LogP contribution in [-0.4, -0.2) is 42.6 Å². The molecule has 5 heteroatoms. The smallest absolute Gasteiger partial charge is 0.316 e. The molecule has 0 saturated carbocycles. The third-order valence-corrected chi connectivity index (χ3v) is 3.33. The quantitative estimate of drug-likeness (QED) is 0.810. The van der Waals surface area contributed by atoms with E-state index in [9.17, 15) is 9.59 Å². The van der Waals surface area contributed by atoms with Crippen molar-refractivity contribution in [1.82, 2.24) is 4.90 Å². The summed E-state index contributed by atoms with van der Waals surface area (Å²) in [5.41, 5.74) is 0.848. The zero-order chi connectivity index (χ0) is 13.3. The molecule has 18 heavy (non-hydrogen) atoms. The minimum absolute atomic E-state index is 0.300. The highest BCUT2D eigenvalue weighted by molar-refractivity contribution is 5.99. The van der Waals surface area contributed by atoms with E-state index in [0.29, 0.717) is 12.3 Å². The van der Waals surface area contributed by atoms with Gasteiger partial charge in [0.05, 0.1) is 7.11 Å². The van der Waals surface area contributed by atoms with Gasteiger partial charge in [-0.3, -0.25) is 9.59 Å². The summed E-state index contributed by atoms with van der Waals surface area (Å²) in [7, 11) is 3.20. The molecule has 1 N–H and O–H groups in total. The van der Waals surface area contributed by atoms with Crippen LogP contribution in [0.4, 0.5) is 0 Å². The Labute approximate surface area is 105 Å². The molecule has 1 amide bonds. The van der Waals surface area contributed by atoms with Gasteiger partial charge >= 0.3 is 5.97 Å². The first kappa shape index (κ1) is 12.4. The number of carbonyl (C=O) groups is 2. The molecule has 1 aromatic rings. The molecule has 2 atom stereocenters. The van der Waals surface area contributed by atoms with Crippen molar-refractivity contribution in [3.05, 3.63) is 29.8 Å². The Bertz CT molecular complexity index is 468. The maximum absolute atomic E-state index is 11.8. The van der Waals surface area contributed by atoms with Gasteiger partial charge in [-0.2, -0.15) is 0 Å². The molecule has 1 aliphatic rings. The number of ether oxygens (including phenoxy) is 1. The summed E-state index contributed by atoms with van der Waals surface area (Å²) in [6.45, 7) is 0.433. The fourth-order valence-corrected chi connectivity index (χ4v) is 2.33. The molecule has 1 fully saturated rings. The van der Waals surface area contributed by atoms with E-state index < -0.39 is 11.9 Å². The number of amides is 1. The molecular formula is C13H15NO4. The van der Waals surface area contributed by atoms with E-state index in [2.05, 4.69) is 0 Å². The Morgan fingerprint density at radius 3 is 2.50 bits per heavy atom. The van der Waals surface area contributed by atoms with Crippen LogP contribution in [0.5, 0.6) is 5.75 Å². The van der Waals surface area contributed by atoms with Gasteiger partial charge in [0.2, 0.25) is 5.91 Å². The highest BCUT2D eigenvalue weighted by Crippen LogP contribution is 2.33. The minimum atomic E-state index is -1.06. The van der Waals surface area contributed by atoms with Gasteiger partial charge in [-0.25, -0.2) is 0 Å². The Balaban J connectivity index is 2.30. The van der Waals surface area contributed by atoms with Crippen molar-refractivity contribution in [2.45, 2.75) is 5.92 Å². The lowest BCUT2D eigenvalue weighted by atomic mass is 9.88. The van der Waals surface area contributed by atoms with E-state index in [1.807, 2.05) is 12.1 Å². The van der Waals surface area contributed by atoms with Crippen LogP contribution in [0.2, 0.25) is 0 Å². The van der Waals surface area contributed by atoms with Gasteiger partial charge < -0.3 is 14.7 Å². The monoisotopic (exact) mass is 249 g/mol. The lowest BCUT2D eigenvalue weighted by Crippen LogP contribution is -2.28. The maximum atomic E-state index is 11.8. The Morgan fingerprint density at radius 1 is 1.39 bits per heavy atom. The summed E-state index contributed by atoms with van der Waals surface area (Å²) in [5.74, 6) is -1.97. The van der Waals surface area contributed by atoms with Crippen molar-refractivity contribution in [2.24, 2.45) is 5.92 Å². The first-order valence-electron chi connectivity index (χ1n) is 5.66. The first-order chi connectivity index (χ1) is 8.54. The van der Waals surface area contributed by atoms with Gasteiger partial charge in [0.25, 0.3) is 0 Å². The number of rotatable bonds is 3. The number of hydrogen-bond acceptors (Lipinski definition) is 3. The second kappa shape index (κ2) is 4.68. The molecule has 1 aromatic carbocycles. The van der Waals surface area contributed by atoms with Crippen LogP contribution in [0.15, 0.2) is 24.3 Å². The van der Waals surface area contributed by atoms with Gasteiger partial charge in [0.1, 0.15) is 11.7 Å². The number of hydrogen-bond donors (Lipinski definition) is 1. The molecule has 2 rings (SSSR count). The van der Waals surface area contributed by atoms with Gasteiger partial charge in [-0.05, 0) is 17.7 Å². The highest BCUT2D eigenvalue weighted by atomic mass is 16.5. The molecule has 0 spiro atoms. The molecule has 1 aliphatic heterocycles. The average Bonchev–Trinajstić information content (AvgIpc) is 2.66. The number of carbonyl (C=O) groups excluding carboxylic acids is 1. The fourth-order valence-electron chi connectivity index (χ4n) is 2.33. The van der Waals surface area contributed by atoms with Crippen LogP contribution < -0.4 is 4.74 Å². The molecule has 0 radical (unpaired) electrons. The number of likely N-dealkylation sites (N-methyl/N-ethyl adjacent to an activating group) is 1. The zero-order valence-electron chi connectivity index (χ0n) is 10.3. The van der Waals surface area contributed by atoms with E-state index in [-0.39, 0.29) is 11.8 Å². The van der Waals surface area contributed by atoms with Crippen LogP contribution in [0, 0.1) is 5.92 Å². The van der Waals surface area contributed by atoms with Gasteiger partial charge in [0.15, 0.2) is 0 Å². The molecule has 0 aromatic heterocycles. The molecule has 0 bridgehead atoms. The molecular weight excluding hydrogens is 234 g/mol. The van der Waals surface area contributed by atoms with Crippen LogP contribution in [0.25, 0.3) is 0 Å². The van der Waals surface area contributed by atoms with E-state index in [1.54, 1.807) is 26.3 Å². The number of nitrogens with zero attached hydrogens (tertiary/aromatic N) is 1. The first-order valence-corrected chi connectivity index (χ1v) is 5.66. The summed E-state index contributed by atoms with van der Waals surface area (Å²) >= 11 is 0. The molecule has 0 aliphatic carbocycles. The Hall–Kier alpha value is -2.04. The standard InChI is InChI=1S/C13H15NO4/c1-14-7-10(11(12(14)15)13(16)17)8-3-5-9(18-2)6-4-8/h3-6,10-11H,7H2,1-2H3,(H,16,17)/t10-,11?/m1/s1. The second-order valence-electron chi connectivity index (χ2n) is 4.41.